The zero-order chi connectivity index (χ0) is 17.9. The molecule has 0 bridgehead atoms. The molecule has 0 aliphatic carbocycles. The number of anilines is 1. The van der Waals surface area contributed by atoms with Crippen molar-refractivity contribution in [2.75, 3.05) is 11.9 Å². The molecule has 0 unspecified atom stereocenters. The van der Waals surface area contributed by atoms with Crippen LogP contribution in [-0.2, 0) is 0 Å². The molecule has 0 spiro atoms. The summed E-state index contributed by atoms with van der Waals surface area (Å²) in [4.78, 5) is 20.9. The molecule has 0 aliphatic heterocycles. The summed E-state index contributed by atoms with van der Waals surface area (Å²) in [5.41, 5.74) is 1.93. The lowest BCUT2D eigenvalue weighted by molar-refractivity contribution is 0.102. The van der Waals surface area contributed by atoms with Crippen LogP contribution in [0.3, 0.4) is 0 Å². The number of furan rings is 1. The molecule has 0 radical (unpaired) electrons. The number of hydrogen-bond acceptors (Lipinski definition) is 6. The number of thiazole rings is 1. The Hall–Kier alpha value is -3.19. The maximum atomic E-state index is 12.3. The Morgan fingerprint density at radius 1 is 1.27 bits per heavy atom. The van der Waals surface area contributed by atoms with Gasteiger partial charge in [0.15, 0.2) is 10.9 Å². The van der Waals surface area contributed by atoms with Crippen molar-refractivity contribution in [1.82, 2.24) is 9.97 Å². The lowest BCUT2D eigenvalue weighted by Gasteiger charge is -2.03. The summed E-state index contributed by atoms with van der Waals surface area (Å²) in [5, 5.41) is 6.15. The predicted octanol–water partition coefficient (Wildman–Crippen LogP) is 4.60. The molecule has 0 fully saturated rings. The highest BCUT2D eigenvalue weighted by molar-refractivity contribution is 7.14. The van der Waals surface area contributed by atoms with Gasteiger partial charge in [-0.3, -0.25) is 10.1 Å². The topological polar surface area (TPSA) is 77.2 Å². The van der Waals surface area contributed by atoms with Gasteiger partial charge < -0.3 is 9.15 Å². The van der Waals surface area contributed by atoms with Crippen molar-refractivity contribution in [3.05, 3.63) is 59.6 Å². The van der Waals surface area contributed by atoms with Crippen LogP contribution in [0.5, 0.6) is 5.88 Å². The van der Waals surface area contributed by atoms with E-state index in [1.165, 1.54) is 17.5 Å². The number of aromatic nitrogens is 2. The smallest absolute Gasteiger partial charge is 0.259 e. The van der Waals surface area contributed by atoms with Gasteiger partial charge in [-0.15, -0.1) is 11.3 Å². The van der Waals surface area contributed by atoms with Gasteiger partial charge in [0.25, 0.3) is 5.91 Å². The molecular formula is C19H15N3O3S. The maximum Gasteiger partial charge on any atom is 0.259 e. The number of nitrogens with zero attached hydrogens (tertiary/aromatic N) is 2. The van der Waals surface area contributed by atoms with Crippen molar-refractivity contribution in [2.45, 2.75) is 6.92 Å². The number of rotatable bonds is 5. The van der Waals surface area contributed by atoms with E-state index in [0.29, 0.717) is 34.6 Å². The second-order valence-electron chi connectivity index (χ2n) is 5.46. The SMILES string of the molecule is CCOc1ccc(C(=O)Nc2nc(-c3cc4ccccc4o3)cs2)cn1. The highest BCUT2D eigenvalue weighted by atomic mass is 32.1. The van der Waals surface area contributed by atoms with E-state index in [-0.39, 0.29) is 5.91 Å². The number of ether oxygens (including phenoxy) is 1. The highest BCUT2D eigenvalue weighted by Crippen LogP contribution is 2.30. The maximum absolute atomic E-state index is 12.3. The Balaban J connectivity index is 1.50. The Labute approximate surface area is 153 Å². The molecule has 130 valence electrons. The number of carbonyl (C=O) groups excluding carboxylic acids is 1. The third kappa shape index (κ3) is 3.29. The lowest BCUT2D eigenvalue weighted by Crippen LogP contribution is -2.12. The van der Waals surface area contributed by atoms with Crippen LogP contribution in [0.25, 0.3) is 22.4 Å². The van der Waals surface area contributed by atoms with Gasteiger partial charge in [-0.05, 0) is 25.1 Å². The Morgan fingerprint density at radius 2 is 2.15 bits per heavy atom. The van der Waals surface area contributed by atoms with Gasteiger partial charge in [-0.1, -0.05) is 18.2 Å². The molecule has 4 rings (SSSR count). The van der Waals surface area contributed by atoms with E-state index in [0.717, 1.165) is 11.0 Å². The fourth-order valence-electron chi connectivity index (χ4n) is 2.47. The van der Waals surface area contributed by atoms with Gasteiger partial charge in [-0.25, -0.2) is 9.97 Å². The second-order valence-corrected chi connectivity index (χ2v) is 6.32. The summed E-state index contributed by atoms with van der Waals surface area (Å²) in [6.07, 6.45) is 1.48. The quantitative estimate of drug-likeness (QED) is 0.559. The zero-order valence-electron chi connectivity index (χ0n) is 13.9. The van der Waals surface area contributed by atoms with Crippen molar-refractivity contribution < 1.29 is 13.9 Å². The number of benzene rings is 1. The number of hydrogen-bond donors (Lipinski definition) is 1. The van der Waals surface area contributed by atoms with Crippen molar-refractivity contribution in [1.29, 1.82) is 0 Å². The van der Waals surface area contributed by atoms with Crippen LogP contribution in [0.2, 0.25) is 0 Å². The minimum Gasteiger partial charge on any atom is -0.478 e. The fraction of sp³-hybridized carbons (Fsp3) is 0.105. The molecule has 3 heterocycles. The van der Waals surface area contributed by atoms with Gasteiger partial charge in [0.2, 0.25) is 5.88 Å². The molecular weight excluding hydrogens is 350 g/mol. The van der Waals surface area contributed by atoms with E-state index in [4.69, 9.17) is 9.15 Å². The number of para-hydroxylation sites is 1. The molecule has 1 N–H and O–H groups in total. The van der Waals surface area contributed by atoms with Crippen LogP contribution < -0.4 is 10.1 Å². The van der Waals surface area contributed by atoms with Crippen molar-refractivity contribution in [2.24, 2.45) is 0 Å². The summed E-state index contributed by atoms with van der Waals surface area (Å²) in [5.74, 6) is 0.891. The Kier molecular flexibility index (Phi) is 4.37. The first kappa shape index (κ1) is 16.3. The molecule has 7 heteroatoms. The first-order valence-electron chi connectivity index (χ1n) is 8.07. The monoisotopic (exact) mass is 365 g/mol. The number of carbonyl (C=O) groups is 1. The summed E-state index contributed by atoms with van der Waals surface area (Å²) < 4.78 is 11.1. The number of nitrogens with one attached hydrogen (secondary N) is 1. The van der Waals surface area contributed by atoms with Crippen molar-refractivity contribution in [3.8, 4) is 17.3 Å². The summed E-state index contributed by atoms with van der Waals surface area (Å²) in [6.45, 7) is 2.41. The highest BCUT2D eigenvalue weighted by Gasteiger charge is 2.13. The standard InChI is InChI=1S/C19H15N3O3S/c1-2-24-17-8-7-13(10-20-17)18(23)22-19-21-14(11-26-19)16-9-12-5-3-4-6-15(12)25-16/h3-11H,2H2,1H3,(H,21,22,23). The third-order valence-corrected chi connectivity index (χ3v) is 4.45. The number of pyridine rings is 1. The predicted molar refractivity (Wildman–Crippen MR) is 101 cm³/mol. The van der Waals surface area contributed by atoms with E-state index >= 15 is 0 Å². The number of amides is 1. The third-order valence-electron chi connectivity index (χ3n) is 3.69. The van der Waals surface area contributed by atoms with E-state index in [1.807, 2.05) is 42.6 Å². The van der Waals surface area contributed by atoms with Crippen molar-refractivity contribution in [3.63, 3.8) is 0 Å². The molecule has 0 saturated heterocycles. The van der Waals surface area contributed by atoms with Crippen LogP contribution in [0.15, 0.2) is 58.5 Å². The van der Waals surface area contributed by atoms with Gasteiger partial charge in [0, 0.05) is 23.0 Å². The minimum atomic E-state index is -0.272. The van der Waals surface area contributed by atoms with E-state index in [2.05, 4.69) is 15.3 Å². The lowest BCUT2D eigenvalue weighted by atomic mass is 10.2. The molecule has 1 aromatic carbocycles. The average molecular weight is 365 g/mol. The van der Waals surface area contributed by atoms with Crippen LogP contribution >= 0.6 is 11.3 Å². The summed E-state index contributed by atoms with van der Waals surface area (Å²) in [6, 6.07) is 13.0. The molecule has 3 aromatic heterocycles. The minimum absolute atomic E-state index is 0.272. The van der Waals surface area contributed by atoms with Gasteiger partial charge in [0.1, 0.15) is 11.3 Å². The summed E-state index contributed by atoms with van der Waals surface area (Å²) in [7, 11) is 0. The molecule has 26 heavy (non-hydrogen) atoms. The fourth-order valence-corrected chi connectivity index (χ4v) is 3.16. The second kappa shape index (κ2) is 6.97. The van der Waals surface area contributed by atoms with Crippen LogP contribution in [0, 0.1) is 0 Å². The van der Waals surface area contributed by atoms with Crippen molar-refractivity contribution >= 4 is 33.3 Å². The van der Waals surface area contributed by atoms with Gasteiger partial charge in [-0.2, -0.15) is 0 Å². The number of fused-ring (bicyclic) bond motifs is 1. The van der Waals surface area contributed by atoms with Gasteiger partial charge >= 0.3 is 0 Å². The van der Waals surface area contributed by atoms with Crippen LogP contribution in [0.4, 0.5) is 5.13 Å². The Bertz CT molecular complexity index is 1020. The molecule has 4 aromatic rings. The van der Waals surface area contributed by atoms with E-state index < -0.39 is 0 Å². The molecule has 1 amide bonds. The first-order chi connectivity index (χ1) is 12.7. The zero-order valence-corrected chi connectivity index (χ0v) is 14.7. The first-order valence-corrected chi connectivity index (χ1v) is 8.95. The molecule has 0 aliphatic rings. The normalized spacial score (nSPS) is 10.8. The van der Waals surface area contributed by atoms with E-state index in [1.54, 1.807) is 12.1 Å². The average Bonchev–Trinajstić information content (AvgIpc) is 3.29. The van der Waals surface area contributed by atoms with Crippen LogP contribution in [0.1, 0.15) is 17.3 Å². The largest absolute Gasteiger partial charge is 0.478 e. The van der Waals surface area contributed by atoms with E-state index in [9.17, 15) is 4.79 Å². The van der Waals surface area contributed by atoms with Gasteiger partial charge in [0.05, 0.1) is 12.2 Å². The summed E-state index contributed by atoms with van der Waals surface area (Å²) >= 11 is 1.34. The van der Waals surface area contributed by atoms with Crippen LogP contribution in [-0.4, -0.2) is 22.5 Å². The molecule has 0 atom stereocenters. The Morgan fingerprint density at radius 3 is 2.92 bits per heavy atom. The molecule has 0 saturated carbocycles. The molecule has 6 nitrogen and oxygen atoms in total.